The van der Waals surface area contributed by atoms with Crippen LogP contribution in [0.4, 0.5) is 11.4 Å². The summed E-state index contributed by atoms with van der Waals surface area (Å²) in [6, 6.07) is 6.31. The average molecular weight is 401 g/mol. The molecule has 1 unspecified atom stereocenters. The lowest BCUT2D eigenvalue weighted by atomic mass is 9.96. The van der Waals surface area contributed by atoms with E-state index in [1.165, 1.54) is 5.69 Å². The van der Waals surface area contributed by atoms with E-state index < -0.39 is 0 Å². The molecule has 0 radical (unpaired) electrons. The monoisotopic (exact) mass is 400 g/mol. The minimum absolute atomic E-state index is 0.0337. The van der Waals surface area contributed by atoms with E-state index in [4.69, 9.17) is 0 Å². The van der Waals surface area contributed by atoms with Crippen LogP contribution in [0.1, 0.15) is 45.1 Å². The van der Waals surface area contributed by atoms with Gasteiger partial charge in [-0.15, -0.1) is 0 Å². The maximum atomic E-state index is 12.8. The van der Waals surface area contributed by atoms with Crippen LogP contribution in [0.25, 0.3) is 0 Å². The van der Waals surface area contributed by atoms with Crippen LogP contribution in [-0.2, 0) is 9.59 Å². The molecule has 2 heterocycles. The number of nitrogens with zero attached hydrogens (tertiary/aromatic N) is 3. The SMILES string of the molecule is CCCC(=O)N1CCCC(C(=O)Nc2ccc(N3CCN(CC)CC3)cc2C)C1. The van der Waals surface area contributed by atoms with Crippen molar-refractivity contribution in [1.29, 1.82) is 0 Å². The normalized spacial score (nSPS) is 20.6. The van der Waals surface area contributed by atoms with Gasteiger partial charge in [0.15, 0.2) is 0 Å². The molecule has 2 fully saturated rings. The first-order valence-electron chi connectivity index (χ1n) is 11.2. The Kier molecular flexibility index (Phi) is 7.53. The third-order valence-electron chi connectivity index (χ3n) is 6.26. The quantitative estimate of drug-likeness (QED) is 0.797. The molecule has 160 valence electrons. The zero-order valence-corrected chi connectivity index (χ0v) is 18.2. The third kappa shape index (κ3) is 5.50. The van der Waals surface area contributed by atoms with Crippen molar-refractivity contribution >= 4 is 23.2 Å². The Bertz CT molecular complexity index is 713. The van der Waals surface area contributed by atoms with Gasteiger partial charge < -0.3 is 20.0 Å². The van der Waals surface area contributed by atoms with E-state index >= 15 is 0 Å². The van der Waals surface area contributed by atoms with E-state index in [2.05, 4.69) is 41.1 Å². The van der Waals surface area contributed by atoms with Crippen LogP contribution in [0.3, 0.4) is 0 Å². The van der Waals surface area contributed by atoms with Gasteiger partial charge in [0.05, 0.1) is 5.92 Å². The van der Waals surface area contributed by atoms with E-state index in [1.807, 2.05) is 17.9 Å². The van der Waals surface area contributed by atoms with E-state index in [0.29, 0.717) is 13.0 Å². The number of aryl methyl sites for hydroxylation is 1. The van der Waals surface area contributed by atoms with Crippen LogP contribution in [0.15, 0.2) is 18.2 Å². The van der Waals surface area contributed by atoms with E-state index in [0.717, 1.165) is 69.8 Å². The smallest absolute Gasteiger partial charge is 0.229 e. The first kappa shape index (κ1) is 21.6. The summed E-state index contributed by atoms with van der Waals surface area (Å²) in [7, 11) is 0. The summed E-state index contributed by atoms with van der Waals surface area (Å²) < 4.78 is 0. The number of hydrogen-bond acceptors (Lipinski definition) is 4. The van der Waals surface area contributed by atoms with Gasteiger partial charge in [0.1, 0.15) is 0 Å². The molecule has 2 saturated heterocycles. The number of amides is 2. The largest absolute Gasteiger partial charge is 0.369 e. The summed E-state index contributed by atoms with van der Waals surface area (Å²) in [5.41, 5.74) is 3.19. The van der Waals surface area contributed by atoms with Crippen LogP contribution in [0, 0.1) is 12.8 Å². The second-order valence-corrected chi connectivity index (χ2v) is 8.34. The molecule has 29 heavy (non-hydrogen) atoms. The highest BCUT2D eigenvalue weighted by molar-refractivity contribution is 5.94. The number of likely N-dealkylation sites (N-methyl/N-ethyl adjacent to an activating group) is 1. The van der Waals surface area contributed by atoms with Crippen molar-refractivity contribution in [2.45, 2.75) is 46.5 Å². The maximum absolute atomic E-state index is 12.8. The number of carbonyl (C=O) groups is 2. The van der Waals surface area contributed by atoms with Crippen molar-refractivity contribution in [3.63, 3.8) is 0 Å². The first-order valence-corrected chi connectivity index (χ1v) is 11.2. The Morgan fingerprint density at radius 3 is 2.52 bits per heavy atom. The molecule has 0 aliphatic carbocycles. The molecular weight excluding hydrogens is 364 g/mol. The molecule has 6 nitrogen and oxygen atoms in total. The molecule has 6 heteroatoms. The Hall–Kier alpha value is -2.08. The van der Waals surface area contributed by atoms with Gasteiger partial charge in [-0.1, -0.05) is 13.8 Å². The summed E-state index contributed by atoms with van der Waals surface area (Å²) in [5.74, 6) is 0.0888. The van der Waals surface area contributed by atoms with E-state index in [9.17, 15) is 9.59 Å². The Labute approximate surface area is 175 Å². The van der Waals surface area contributed by atoms with Gasteiger partial charge in [-0.3, -0.25) is 9.59 Å². The highest BCUT2D eigenvalue weighted by Gasteiger charge is 2.28. The van der Waals surface area contributed by atoms with Crippen LogP contribution in [0.5, 0.6) is 0 Å². The summed E-state index contributed by atoms with van der Waals surface area (Å²) in [5, 5.41) is 3.11. The average Bonchev–Trinajstić information content (AvgIpc) is 2.75. The predicted octanol–water partition coefficient (Wildman–Crippen LogP) is 3.11. The van der Waals surface area contributed by atoms with Crippen molar-refractivity contribution in [2.24, 2.45) is 5.92 Å². The molecule has 2 aliphatic heterocycles. The molecule has 0 spiro atoms. The molecule has 1 aromatic rings. The lowest BCUT2D eigenvalue weighted by molar-refractivity contribution is -0.134. The van der Waals surface area contributed by atoms with Crippen molar-refractivity contribution in [3.8, 4) is 0 Å². The topological polar surface area (TPSA) is 55.9 Å². The van der Waals surface area contributed by atoms with Crippen molar-refractivity contribution in [2.75, 3.05) is 56.0 Å². The maximum Gasteiger partial charge on any atom is 0.229 e. The molecule has 0 aromatic heterocycles. The van der Waals surface area contributed by atoms with Crippen molar-refractivity contribution < 1.29 is 9.59 Å². The number of piperazine rings is 1. The van der Waals surface area contributed by atoms with Gasteiger partial charge in [-0.05, 0) is 56.5 Å². The van der Waals surface area contributed by atoms with Crippen molar-refractivity contribution in [1.82, 2.24) is 9.80 Å². The number of rotatable bonds is 6. The van der Waals surface area contributed by atoms with Gasteiger partial charge in [-0.25, -0.2) is 0 Å². The number of likely N-dealkylation sites (tertiary alicyclic amines) is 1. The Balaban J connectivity index is 1.58. The van der Waals surface area contributed by atoms with Crippen LogP contribution in [0.2, 0.25) is 0 Å². The fourth-order valence-corrected chi connectivity index (χ4v) is 4.33. The van der Waals surface area contributed by atoms with Crippen LogP contribution >= 0.6 is 0 Å². The molecule has 2 aliphatic rings. The lowest BCUT2D eigenvalue weighted by Crippen LogP contribution is -2.46. The van der Waals surface area contributed by atoms with Gasteiger partial charge in [-0.2, -0.15) is 0 Å². The van der Waals surface area contributed by atoms with Gasteiger partial charge in [0.2, 0.25) is 11.8 Å². The zero-order chi connectivity index (χ0) is 20.8. The number of anilines is 2. The second kappa shape index (κ2) is 10.1. The highest BCUT2D eigenvalue weighted by atomic mass is 16.2. The molecule has 1 N–H and O–H groups in total. The Morgan fingerprint density at radius 1 is 1.10 bits per heavy atom. The minimum atomic E-state index is -0.120. The van der Waals surface area contributed by atoms with E-state index in [1.54, 1.807) is 0 Å². The summed E-state index contributed by atoms with van der Waals surface area (Å²) in [6.07, 6.45) is 3.17. The van der Waals surface area contributed by atoms with Gasteiger partial charge >= 0.3 is 0 Å². The number of benzene rings is 1. The number of hydrogen-bond donors (Lipinski definition) is 1. The molecule has 0 saturated carbocycles. The molecule has 0 bridgehead atoms. The molecular formula is C23H36N4O2. The number of piperidine rings is 1. The predicted molar refractivity (Wildman–Crippen MR) is 118 cm³/mol. The van der Waals surface area contributed by atoms with Crippen LogP contribution in [-0.4, -0.2) is 67.4 Å². The number of carbonyl (C=O) groups excluding carboxylic acids is 2. The Morgan fingerprint density at radius 2 is 1.86 bits per heavy atom. The fourth-order valence-electron chi connectivity index (χ4n) is 4.33. The number of nitrogens with one attached hydrogen (secondary N) is 1. The standard InChI is InChI=1S/C23H36N4O2/c1-4-7-22(28)27-11-6-8-19(17-27)23(29)24-21-10-9-20(16-18(21)3)26-14-12-25(5-2)13-15-26/h9-10,16,19H,4-8,11-15,17H2,1-3H3,(H,24,29). The van der Waals surface area contributed by atoms with Crippen LogP contribution < -0.4 is 10.2 Å². The molecule has 3 rings (SSSR count). The highest BCUT2D eigenvalue weighted by Crippen LogP contribution is 2.25. The first-order chi connectivity index (χ1) is 14.0. The summed E-state index contributed by atoms with van der Waals surface area (Å²) in [4.78, 5) is 31.8. The summed E-state index contributed by atoms with van der Waals surface area (Å²) in [6.45, 7) is 13.0. The molecule has 1 atom stereocenters. The van der Waals surface area contributed by atoms with Gasteiger partial charge in [0.25, 0.3) is 0 Å². The van der Waals surface area contributed by atoms with Gasteiger partial charge in [0, 0.05) is 57.1 Å². The molecule has 2 amide bonds. The minimum Gasteiger partial charge on any atom is -0.369 e. The third-order valence-corrected chi connectivity index (χ3v) is 6.26. The lowest BCUT2D eigenvalue weighted by Gasteiger charge is -2.35. The van der Waals surface area contributed by atoms with E-state index in [-0.39, 0.29) is 17.7 Å². The molecule has 1 aromatic carbocycles. The summed E-state index contributed by atoms with van der Waals surface area (Å²) >= 11 is 0. The van der Waals surface area contributed by atoms with Crippen molar-refractivity contribution in [3.05, 3.63) is 23.8 Å². The fraction of sp³-hybridized carbons (Fsp3) is 0.652. The zero-order valence-electron chi connectivity index (χ0n) is 18.2. The second-order valence-electron chi connectivity index (χ2n) is 8.34.